The number of nitrogens with zero attached hydrogens (tertiary/aromatic N) is 2. The number of carbonyl (C=O) groups excluding carboxylic acids is 1. The molecule has 6 atom stereocenters. The van der Waals surface area contributed by atoms with Gasteiger partial charge in [-0.15, -0.1) is 0 Å². The Morgan fingerprint density at radius 2 is 1.93 bits per heavy atom. The van der Waals surface area contributed by atoms with Crippen LogP contribution in [0.1, 0.15) is 55.7 Å². The minimum Gasteiger partial charge on any atom is -0.490 e. The molecule has 2 aromatic carbocycles. The molecule has 2 aromatic rings. The van der Waals surface area contributed by atoms with Gasteiger partial charge in [0.05, 0.1) is 24.8 Å². The minimum absolute atomic E-state index is 0.0543. The summed E-state index contributed by atoms with van der Waals surface area (Å²) in [6, 6.07) is 11.1. The van der Waals surface area contributed by atoms with Gasteiger partial charge in [-0.25, -0.2) is 4.79 Å². The summed E-state index contributed by atoms with van der Waals surface area (Å²) in [5.74, 6) is -1.07. The number of carboxylic acid groups (broad SMARTS) is 1. The van der Waals surface area contributed by atoms with E-state index in [1.807, 2.05) is 25.1 Å². The molecule has 230 valence electrons. The van der Waals surface area contributed by atoms with Crippen LogP contribution in [0, 0.1) is 17.8 Å². The fourth-order valence-electron chi connectivity index (χ4n) is 7.62. The van der Waals surface area contributed by atoms with Gasteiger partial charge in [0.2, 0.25) is 5.91 Å². The van der Waals surface area contributed by atoms with Crippen LogP contribution < -0.4 is 9.64 Å². The van der Waals surface area contributed by atoms with Crippen LogP contribution in [-0.4, -0.2) is 71.5 Å². The Morgan fingerprint density at radius 3 is 2.67 bits per heavy atom. The molecule has 1 amide bonds. The Labute approximate surface area is 257 Å². The lowest BCUT2D eigenvalue weighted by Crippen LogP contribution is -2.49. The Balaban J connectivity index is 1.46. The number of aryl methyl sites for hydroxylation is 1. The summed E-state index contributed by atoms with van der Waals surface area (Å²) < 4.78 is 6.53. The number of fused-ring (bicyclic) bond motifs is 4. The summed E-state index contributed by atoms with van der Waals surface area (Å²) in [7, 11) is 1.61. The van der Waals surface area contributed by atoms with Crippen molar-refractivity contribution in [2.45, 2.75) is 62.6 Å². The summed E-state index contributed by atoms with van der Waals surface area (Å²) >= 11 is 6.39. The molecule has 2 aliphatic carbocycles. The molecule has 3 N–H and O–H groups in total. The smallest absolute Gasteiger partial charge is 0.340 e. The summed E-state index contributed by atoms with van der Waals surface area (Å²) in [6.07, 6.45) is 7.36. The van der Waals surface area contributed by atoms with Crippen molar-refractivity contribution in [3.63, 3.8) is 0 Å². The maximum absolute atomic E-state index is 13.2. The number of halogens is 1. The van der Waals surface area contributed by atoms with E-state index < -0.39 is 30.0 Å². The quantitative estimate of drug-likeness (QED) is 0.408. The molecular weight excluding hydrogens is 568 g/mol. The molecule has 8 nitrogen and oxygen atoms in total. The Bertz CT molecular complexity index is 1450. The number of benzene rings is 2. The van der Waals surface area contributed by atoms with Gasteiger partial charge < -0.3 is 29.9 Å². The van der Waals surface area contributed by atoms with Gasteiger partial charge in [0.1, 0.15) is 5.75 Å². The normalized spacial score (nSPS) is 33.5. The van der Waals surface area contributed by atoms with Crippen molar-refractivity contribution in [3.8, 4) is 5.75 Å². The summed E-state index contributed by atoms with van der Waals surface area (Å²) in [4.78, 5) is 29.5. The first-order chi connectivity index (χ1) is 20.5. The van der Waals surface area contributed by atoms with Crippen LogP contribution in [0.3, 0.4) is 0 Å². The number of rotatable bonds is 1. The van der Waals surface area contributed by atoms with E-state index in [0.717, 1.165) is 32.1 Å². The largest absolute Gasteiger partial charge is 0.490 e. The molecule has 43 heavy (non-hydrogen) atoms. The number of aliphatic hydroxyl groups excluding tert-OH is 1. The van der Waals surface area contributed by atoms with Crippen LogP contribution in [0.5, 0.6) is 5.75 Å². The van der Waals surface area contributed by atoms with Gasteiger partial charge in [0, 0.05) is 37.1 Å². The third-order valence-corrected chi connectivity index (χ3v) is 10.5. The van der Waals surface area contributed by atoms with Gasteiger partial charge in [-0.1, -0.05) is 42.8 Å². The van der Waals surface area contributed by atoms with Crippen molar-refractivity contribution < 1.29 is 29.6 Å². The van der Waals surface area contributed by atoms with E-state index in [1.54, 1.807) is 25.2 Å². The number of amides is 1. The predicted molar refractivity (Wildman–Crippen MR) is 165 cm³/mol. The number of ether oxygens (including phenoxy) is 1. The van der Waals surface area contributed by atoms with Gasteiger partial charge in [0.15, 0.2) is 5.60 Å². The summed E-state index contributed by atoms with van der Waals surface area (Å²) in [5, 5.41) is 33.7. The van der Waals surface area contributed by atoms with E-state index in [-0.39, 0.29) is 28.7 Å². The first-order valence-electron chi connectivity index (χ1n) is 15.4. The SMILES string of the molecule is C[C@H]1/C=C\[C@H](O)[C@@H]2CC[C@H]2CN2C[C@@]3(CCCc4cc(Cl)ccc43)COc3ccc(cc32)[C@@](O)(C(=O)O)CC(=O)N(C)C1. The third kappa shape index (κ3) is 5.54. The summed E-state index contributed by atoms with van der Waals surface area (Å²) in [6.45, 7) is 4.04. The maximum Gasteiger partial charge on any atom is 0.340 e. The second-order valence-corrected chi connectivity index (χ2v) is 13.7. The molecule has 0 radical (unpaired) electrons. The molecule has 1 fully saturated rings. The van der Waals surface area contributed by atoms with Gasteiger partial charge in [-0.2, -0.15) is 0 Å². The topological polar surface area (TPSA) is 111 Å². The molecule has 4 aliphatic rings. The van der Waals surface area contributed by atoms with E-state index in [4.69, 9.17) is 16.3 Å². The number of carboxylic acids is 1. The molecule has 0 aromatic heterocycles. The highest BCUT2D eigenvalue weighted by Gasteiger charge is 2.46. The van der Waals surface area contributed by atoms with Crippen molar-refractivity contribution in [1.29, 1.82) is 0 Å². The van der Waals surface area contributed by atoms with E-state index in [0.29, 0.717) is 42.7 Å². The van der Waals surface area contributed by atoms with Gasteiger partial charge >= 0.3 is 5.97 Å². The molecule has 0 unspecified atom stereocenters. The molecule has 2 aliphatic heterocycles. The molecule has 1 saturated carbocycles. The lowest BCUT2D eigenvalue weighted by atomic mass is 9.68. The maximum atomic E-state index is 13.2. The lowest BCUT2D eigenvalue weighted by molar-refractivity contribution is -0.164. The molecule has 6 rings (SSSR count). The van der Waals surface area contributed by atoms with E-state index in [2.05, 4.69) is 17.0 Å². The average molecular weight is 609 g/mol. The van der Waals surface area contributed by atoms with Crippen molar-refractivity contribution >= 4 is 29.2 Å². The standard InChI is InChI=1S/C34H41ClN2O6/c1-21-5-11-29(38)26-9-6-23(26)18-37-19-33(13-3-4-22-14-25(35)8-10-27(22)33)20-43-30-12-7-24(15-28(30)37)34(42,32(40)41)16-31(39)36(2)17-21/h5,7-8,10-12,14-15,21,23,26,29,38,42H,3-4,6,9,13,16-20H2,1-2H3,(H,40,41)/b11-5-/t21-,23-,26+,29-,33-,34+/m0/s1. The second-order valence-electron chi connectivity index (χ2n) is 13.3. The zero-order chi connectivity index (χ0) is 30.5. The van der Waals surface area contributed by atoms with Crippen molar-refractivity contribution in [3.05, 3.63) is 70.3 Å². The Kier molecular flexibility index (Phi) is 7.98. The van der Waals surface area contributed by atoms with Crippen molar-refractivity contribution in [1.82, 2.24) is 4.90 Å². The fraction of sp³-hybridized carbons (Fsp3) is 0.529. The Morgan fingerprint density at radius 1 is 1.12 bits per heavy atom. The van der Waals surface area contributed by atoms with E-state index in [1.165, 1.54) is 16.0 Å². The van der Waals surface area contributed by atoms with Crippen LogP contribution >= 0.6 is 11.6 Å². The van der Waals surface area contributed by atoms with Gasteiger partial charge in [-0.05, 0) is 90.8 Å². The molecule has 2 bridgehead atoms. The first-order valence-corrected chi connectivity index (χ1v) is 15.7. The predicted octanol–water partition coefficient (Wildman–Crippen LogP) is 4.53. The third-order valence-electron chi connectivity index (χ3n) is 10.3. The fourth-order valence-corrected chi connectivity index (χ4v) is 7.82. The zero-order valence-corrected chi connectivity index (χ0v) is 25.6. The van der Waals surface area contributed by atoms with E-state index >= 15 is 0 Å². The molecule has 1 spiro atoms. The molecular formula is C34H41ClN2O6. The zero-order valence-electron chi connectivity index (χ0n) is 24.8. The van der Waals surface area contributed by atoms with Gasteiger partial charge in [-0.3, -0.25) is 4.79 Å². The second kappa shape index (κ2) is 11.5. The van der Waals surface area contributed by atoms with Crippen LogP contribution in [0.2, 0.25) is 5.02 Å². The highest BCUT2D eigenvalue weighted by atomic mass is 35.5. The number of anilines is 1. The van der Waals surface area contributed by atoms with Crippen molar-refractivity contribution in [2.24, 2.45) is 17.8 Å². The van der Waals surface area contributed by atoms with Crippen LogP contribution in [-0.2, 0) is 27.0 Å². The van der Waals surface area contributed by atoms with Crippen LogP contribution in [0.25, 0.3) is 0 Å². The number of aliphatic hydroxyl groups is 2. The highest BCUT2D eigenvalue weighted by molar-refractivity contribution is 6.30. The van der Waals surface area contributed by atoms with Crippen LogP contribution in [0.15, 0.2) is 48.6 Å². The minimum atomic E-state index is -2.41. The lowest BCUT2D eigenvalue weighted by Gasteiger charge is -2.45. The summed E-state index contributed by atoms with van der Waals surface area (Å²) in [5.41, 5.74) is 0.574. The molecule has 9 heteroatoms. The number of carbonyl (C=O) groups is 2. The van der Waals surface area contributed by atoms with Gasteiger partial charge in [0.25, 0.3) is 0 Å². The Hall–Kier alpha value is -3.07. The first kappa shape index (κ1) is 30.0. The number of aliphatic carboxylic acids is 1. The van der Waals surface area contributed by atoms with Crippen molar-refractivity contribution in [2.75, 3.05) is 38.2 Å². The molecule has 2 heterocycles. The highest BCUT2D eigenvalue weighted by Crippen LogP contribution is 2.47. The average Bonchev–Trinajstić information content (AvgIpc) is 3.10. The molecule has 0 saturated heterocycles. The van der Waals surface area contributed by atoms with Crippen LogP contribution in [0.4, 0.5) is 5.69 Å². The number of hydrogen-bond acceptors (Lipinski definition) is 6. The van der Waals surface area contributed by atoms with E-state index in [9.17, 15) is 24.9 Å². The number of hydrogen-bond donors (Lipinski definition) is 3. The monoisotopic (exact) mass is 608 g/mol.